The van der Waals surface area contributed by atoms with Crippen LogP contribution in [0.2, 0.25) is 0 Å². The van der Waals surface area contributed by atoms with Gasteiger partial charge in [-0.2, -0.15) is 0 Å². The molecule has 0 saturated heterocycles. The molecular formula is C9H12N4OS. The highest BCUT2D eigenvalue weighted by Crippen LogP contribution is 2.15. The van der Waals surface area contributed by atoms with Gasteiger partial charge in [-0.3, -0.25) is 4.90 Å². The zero-order valence-corrected chi connectivity index (χ0v) is 9.20. The molecule has 2 N–H and O–H groups in total. The van der Waals surface area contributed by atoms with Crippen LogP contribution in [0, 0.1) is 0 Å². The number of nitrogens with zero attached hydrogens (tertiary/aromatic N) is 3. The molecule has 0 unspecified atom stereocenters. The Hall–Kier alpha value is -1.40. The second kappa shape index (κ2) is 4.41. The SMILES string of the molecule is CN(Cc1ccco1)Cc1nnsc1N. The Morgan fingerprint density at radius 3 is 3.00 bits per heavy atom. The molecule has 0 atom stereocenters. The predicted molar refractivity (Wildman–Crippen MR) is 58.2 cm³/mol. The first-order chi connectivity index (χ1) is 7.25. The van der Waals surface area contributed by atoms with E-state index in [0.29, 0.717) is 11.5 Å². The smallest absolute Gasteiger partial charge is 0.132 e. The Morgan fingerprint density at radius 2 is 2.40 bits per heavy atom. The lowest BCUT2D eigenvalue weighted by atomic mass is 10.3. The number of furan rings is 1. The van der Waals surface area contributed by atoms with E-state index in [4.69, 9.17) is 10.2 Å². The minimum atomic E-state index is 0.682. The summed E-state index contributed by atoms with van der Waals surface area (Å²) in [4.78, 5) is 2.08. The molecule has 6 heteroatoms. The van der Waals surface area contributed by atoms with E-state index in [1.807, 2.05) is 19.2 Å². The summed E-state index contributed by atoms with van der Waals surface area (Å²) in [7, 11) is 1.99. The fourth-order valence-electron chi connectivity index (χ4n) is 1.31. The molecular weight excluding hydrogens is 212 g/mol. The van der Waals surface area contributed by atoms with Crippen molar-refractivity contribution in [3.63, 3.8) is 0 Å². The molecule has 0 amide bonds. The van der Waals surface area contributed by atoms with Crippen LogP contribution in [0.25, 0.3) is 0 Å². The van der Waals surface area contributed by atoms with E-state index in [1.165, 1.54) is 11.5 Å². The van der Waals surface area contributed by atoms with Crippen molar-refractivity contribution < 1.29 is 4.42 Å². The van der Waals surface area contributed by atoms with Gasteiger partial charge in [0.05, 0.1) is 12.8 Å². The van der Waals surface area contributed by atoms with Crippen LogP contribution in [-0.4, -0.2) is 21.5 Å². The second-order valence-corrected chi connectivity index (χ2v) is 4.12. The number of aromatic nitrogens is 2. The molecule has 0 spiro atoms. The van der Waals surface area contributed by atoms with Gasteiger partial charge in [0, 0.05) is 18.1 Å². The third-order valence-corrected chi connectivity index (χ3v) is 2.61. The molecule has 2 rings (SSSR count). The van der Waals surface area contributed by atoms with E-state index >= 15 is 0 Å². The van der Waals surface area contributed by atoms with Gasteiger partial charge in [0.25, 0.3) is 0 Å². The molecule has 2 aromatic rings. The fraction of sp³-hybridized carbons (Fsp3) is 0.333. The zero-order chi connectivity index (χ0) is 10.7. The summed E-state index contributed by atoms with van der Waals surface area (Å²) in [5, 5.41) is 4.64. The number of nitrogen functional groups attached to an aromatic ring is 1. The van der Waals surface area contributed by atoms with Crippen LogP contribution >= 0.6 is 11.5 Å². The standard InChI is InChI=1S/C9H12N4OS/c1-13(5-7-3-2-4-14-7)6-8-9(10)15-12-11-8/h2-4H,5-6,10H2,1H3. The van der Waals surface area contributed by atoms with Gasteiger partial charge in [-0.15, -0.1) is 5.10 Å². The van der Waals surface area contributed by atoms with Gasteiger partial charge in [-0.05, 0) is 19.2 Å². The van der Waals surface area contributed by atoms with Crippen LogP contribution in [-0.2, 0) is 13.1 Å². The van der Waals surface area contributed by atoms with Gasteiger partial charge in [0.15, 0.2) is 0 Å². The van der Waals surface area contributed by atoms with Crippen LogP contribution in [0.5, 0.6) is 0 Å². The number of hydrogen-bond acceptors (Lipinski definition) is 6. The van der Waals surface area contributed by atoms with Gasteiger partial charge in [-0.1, -0.05) is 4.49 Å². The molecule has 15 heavy (non-hydrogen) atoms. The lowest BCUT2D eigenvalue weighted by Gasteiger charge is -2.13. The molecule has 0 aliphatic carbocycles. The summed E-state index contributed by atoms with van der Waals surface area (Å²) < 4.78 is 9.04. The van der Waals surface area contributed by atoms with Gasteiger partial charge >= 0.3 is 0 Å². The summed E-state index contributed by atoms with van der Waals surface area (Å²) in [5.41, 5.74) is 6.53. The zero-order valence-electron chi connectivity index (χ0n) is 8.38. The van der Waals surface area contributed by atoms with Crippen molar-refractivity contribution in [2.75, 3.05) is 12.8 Å². The third kappa shape index (κ3) is 2.54. The van der Waals surface area contributed by atoms with Crippen LogP contribution in [0.4, 0.5) is 5.00 Å². The van der Waals surface area contributed by atoms with Crippen molar-refractivity contribution in [3.8, 4) is 0 Å². The van der Waals surface area contributed by atoms with Crippen molar-refractivity contribution in [1.29, 1.82) is 0 Å². The second-order valence-electron chi connectivity index (χ2n) is 3.34. The van der Waals surface area contributed by atoms with Crippen molar-refractivity contribution in [2.45, 2.75) is 13.1 Å². The Balaban J connectivity index is 1.93. The first-order valence-electron chi connectivity index (χ1n) is 4.53. The largest absolute Gasteiger partial charge is 0.468 e. The van der Waals surface area contributed by atoms with Gasteiger partial charge in [0.1, 0.15) is 16.5 Å². The molecule has 2 heterocycles. The average Bonchev–Trinajstić information content (AvgIpc) is 2.79. The molecule has 0 bridgehead atoms. The van der Waals surface area contributed by atoms with Crippen molar-refractivity contribution in [3.05, 3.63) is 29.9 Å². The maximum atomic E-state index is 5.71. The highest BCUT2D eigenvalue weighted by atomic mass is 32.1. The molecule has 0 radical (unpaired) electrons. The van der Waals surface area contributed by atoms with E-state index in [1.54, 1.807) is 6.26 Å². The molecule has 0 aliphatic rings. The van der Waals surface area contributed by atoms with Gasteiger partial charge in [-0.25, -0.2) is 0 Å². The minimum absolute atomic E-state index is 0.682. The average molecular weight is 224 g/mol. The van der Waals surface area contributed by atoms with Crippen molar-refractivity contribution in [1.82, 2.24) is 14.5 Å². The number of hydrogen-bond donors (Lipinski definition) is 1. The Morgan fingerprint density at radius 1 is 1.53 bits per heavy atom. The summed E-state index contributed by atoms with van der Waals surface area (Å²) in [6.45, 7) is 1.42. The topological polar surface area (TPSA) is 68.2 Å². The number of nitrogens with two attached hydrogens (primary N) is 1. The van der Waals surface area contributed by atoms with Gasteiger partial charge in [0.2, 0.25) is 0 Å². The van der Waals surface area contributed by atoms with Crippen LogP contribution in [0.1, 0.15) is 11.5 Å². The maximum absolute atomic E-state index is 5.71. The summed E-state index contributed by atoms with van der Waals surface area (Å²) >= 11 is 1.22. The summed E-state index contributed by atoms with van der Waals surface area (Å²) in [5.74, 6) is 0.930. The predicted octanol–water partition coefficient (Wildman–Crippen LogP) is 1.35. The molecule has 0 aliphatic heterocycles. The Labute approximate surface area is 91.7 Å². The van der Waals surface area contributed by atoms with Gasteiger partial charge < -0.3 is 10.2 Å². The first-order valence-corrected chi connectivity index (χ1v) is 5.30. The van der Waals surface area contributed by atoms with E-state index in [-0.39, 0.29) is 0 Å². The van der Waals surface area contributed by atoms with E-state index in [2.05, 4.69) is 14.5 Å². The molecule has 0 fully saturated rings. The lowest BCUT2D eigenvalue weighted by Crippen LogP contribution is -2.17. The maximum Gasteiger partial charge on any atom is 0.132 e. The van der Waals surface area contributed by atoms with Crippen LogP contribution in [0.15, 0.2) is 22.8 Å². The van der Waals surface area contributed by atoms with Crippen LogP contribution < -0.4 is 5.73 Å². The van der Waals surface area contributed by atoms with Crippen LogP contribution in [0.3, 0.4) is 0 Å². The van der Waals surface area contributed by atoms with E-state index in [9.17, 15) is 0 Å². The first kappa shape index (κ1) is 10.1. The highest BCUT2D eigenvalue weighted by molar-refractivity contribution is 7.09. The fourth-order valence-corrected chi connectivity index (χ4v) is 1.74. The highest BCUT2D eigenvalue weighted by Gasteiger charge is 2.08. The number of anilines is 1. The summed E-state index contributed by atoms with van der Waals surface area (Å²) in [6, 6.07) is 3.82. The van der Waals surface area contributed by atoms with E-state index in [0.717, 1.165) is 18.0 Å². The van der Waals surface area contributed by atoms with Crippen molar-refractivity contribution in [2.24, 2.45) is 0 Å². The van der Waals surface area contributed by atoms with E-state index < -0.39 is 0 Å². The normalized spacial score (nSPS) is 11.1. The van der Waals surface area contributed by atoms with Crippen molar-refractivity contribution >= 4 is 16.5 Å². The Kier molecular flexibility index (Phi) is 2.98. The molecule has 0 aromatic carbocycles. The quantitative estimate of drug-likeness (QED) is 0.849. The molecule has 0 saturated carbocycles. The Bertz CT molecular complexity index is 411. The molecule has 5 nitrogen and oxygen atoms in total. The monoisotopic (exact) mass is 224 g/mol. The molecule has 80 valence electrons. The lowest BCUT2D eigenvalue weighted by molar-refractivity contribution is 0.285. The summed E-state index contributed by atoms with van der Waals surface area (Å²) in [6.07, 6.45) is 1.67. The third-order valence-electron chi connectivity index (χ3n) is 2.01. The minimum Gasteiger partial charge on any atom is -0.468 e. The molecule has 2 aromatic heterocycles. The number of rotatable bonds is 4.